The van der Waals surface area contributed by atoms with E-state index in [1.54, 1.807) is 20.8 Å². The van der Waals surface area contributed by atoms with E-state index in [1.165, 1.54) is 0 Å². The van der Waals surface area contributed by atoms with E-state index in [-0.39, 0.29) is 24.0 Å². The number of benzene rings is 2. The Morgan fingerprint density at radius 3 is 2.58 bits per heavy atom. The molecule has 2 aliphatic rings. The summed E-state index contributed by atoms with van der Waals surface area (Å²) in [5.41, 5.74) is 2.31. The monoisotopic (exact) mass is 545 g/mol. The minimum atomic E-state index is -0.835. The van der Waals surface area contributed by atoms with Gasteiger partial charge in [0, 0.05) is 49.2 Å². The molecule has 3 heterocycles. The lowest BCUT2D eigenvalue weighted by molar-refractivity contribution is -0.124. The minimum absolute atomic E-state index is 0.0151. The molecular weight excluding hydrogens is 506 g/mol. The summed E-state index contributed by atoms with van der Waals surface area (Å²) in [6.45, 7) is 7.26. The van der Waals surface area contributed by atoms with Gasteiger partial charge in [0.2, 0.25) is 5.91 Å². The largest absolute Gasteiger partial charge is 0.444 e. The van der Waals surface area contributed by atoms with Gasteiger partial charge >= 0.3 is 12.1 Å². The number of fused-ring (bicyclic) bond motifs is 2. The summed E-state index contributed by atoms with van der Waals surface area (Å²) < 4.78 is 5.48. The molecule has 0 spiro atoms. The van der Waals surface area contributed by atoms with Gasteiger partial charge in [-0.2, -0.15) is 0 Å². The van der Waals surface area contributed by atoms with E-state index >= 15 is 0 Å². The third-order valence-corrected chi connectivity index (χ3v) is 7.64. The van der Waals surface area contributed by atoms with Gasteiger partial charge in [0.25, 0.3) is 0 Å². The molecule has 9 nitrogen and oxygen atoms in total. The van der Waals surface area contributed by atoms with Crippen molar-refractivity contribution in [2.24, 2.45) is 0 Å². The molecule has 3 aromatic rings. The Kier molecular flexibility index (Phi) is 8.00. The van der Waals surface area contributed by atoms with Gasteiger partial charge < -0.3 is 30.2 Å². The molecule has 0 unspecified atom stereocenters. The van der Waals surface area contributed by atoms with Gasteiger partial charge in [0.05, 0.1) is 6.04 Å². The number of carbonyl (C=O) groups excluding carboxylic acids is 3. The molecule has 0 aliphatic carbocycles. The van der Waals surface area contributed by atoms with Crippen molar-refractivity contribution >= 4 is 28.9 Å². The summed E-state index contributed by atoms with van der Waals surface area (Å²) in [5.74, 6) is -0.276. The number of hydrogen-bond donors (Lipinski definition) is 3. The van der Waals surface area contributed by atoms with Gasteiger partial charge in [-0.15, -0.1) is 0 Å². The van der Waals surface area contributed by atoms with E-state index in [0.29, 0.717) is 26.1 Å². The predicted molar refractivity (Wildman–Crippen MR) is 154 cm³/mol. The second-order valence-corrected chi connectivity index (χ2v) is 11.8. The van der Waals surface area contributed by atoms with Crippen LogP contribution in [0.4, 0.5) is 9.59 Å². The third-order valence-electron chi connectivity index (χ3n) is 7.64. The second-order valence-electron chi connectivity index (χ2n) is 11.8. The van der Waals surface area contributed by atoms with E-state index in [1.807, 2.05) is 70.6 Å². The summed E-state index contributed by atoms with van der Waals surface area (Å²) in [7, 11) is 0. The Bertz CT molecular complexity index is 1350. The highest BCUT2D eigenvalue weighted by Gasteiger charge is 2.41. The van der Waals surface area contributed by atoms with Crippen molar-refractivity contribution in [1.82, 2.24) is 25.4 Å². The fraction of sp³-hybridized carbons (Fsp3) is 0.452. The van der Waals surface area contributed by atoms with Crippen LogP contribution in [0, 0.1) is 0 Å². The lowest BCUT2D eigenvalue weighted by atomic mass is 9.91. The molecule has 9 heteroatoms. The molecule has 0 bridgehead atoms. The first kappa shape index (κ1) is 27.6. The smallest absolute Gasteiger partial charge is 0.408 e. The highest BCUT2D eigenvalue weighted by atomic mass is 16.6. The Balaban J connectivity index is 1.29. The molecule has 0 radical (unpaired) electrons. The van der Waals surface area contributed by atoms with Crippen LogP contribution in [-0.2, 0) is 22.5 Å². The Morgan fingerprint density at radius 2 is 1.80 bits per heavy atom. The number of urea groups is 1. The minimum Gasteiger partial charge on any atom is -0.444 e. The molecule has 2 saturated heterocycles. The summed E-state index contributed by atoms with van der Waals surface area (Å²) in [4.78, 5) is 46.9. The number of nitrogens with zero attached hydrogens (tertiary/aromatic N) is 2. The predicted octanol–water partition coefficient (Wildman–Crippen LogP) is 4.58. The molecule has 3 atom stereocenters. The number of rotatable bonds is 7. The number of alkyl carbamates (subject to hydrolysis) is 1. The zero-order chi connectivity index (χ0) is 28.3. The molecule has 2 fully saturated rings. The number of hydrogen-bond acceptors (Lipinski definition) is 4. The van der Waals surface area contributed by atoms with E-state index in [4.69, 9.17) is 4.74 Å². The standard InChI is InChI=1S/C31H39N5O4/c1-31(2,3)40-29(38)34-26(18-22-19-32-24-13-8-7-12-23(22)24)28(37)33-25-14-9-16-36-27(25)15-17-35(30(36)39)20-21-10-5-4-6-11-21/h4-8,10-13,19,25-27,32H,9,14-18,20H2,1-3H3,(H,33,37)(H,34,38)/t25-,26+,27+/m1/s1. The molecule has 0 saturated carbocycles. The lowest BCUT2D eigenvalue weighted by Crippen LogP contribution is -2.64. The SMILES string of the molecule is CC(C)(C)OC(=O)N[C@@H](Cc1c[nH]c2ccccc12)C(=O)N[C@@H]1CCCN2C(=O)N(Cc3ccccc3)CC[C@@H]12. The van der Waals surface area contributed by atoms with Crippen LogP contribution >= 0.6 is 0 Å². The average Bonchev–Trinajstić information content (AvgIpc) is 3.32. The van der Waals surface area contributed by atoms with Crippen LogP contribution in [0.2, 0.25) is 0 Å². The lowest BCUT2D eigenvalue weighted by Gasteiger charge is -2.48. The number of ether oxygens (including phenoxy) is 1. The molecule has 2 aromatic carbocycles. The average molecular weight is 546 g/mol. The fourth-order valence-corrected chi connectivity index (χ4v) is 5.80. The maximum Gasteiger partial charge on any atom is 0.408 e. The molecule has 212 valence electrons. The molecule has 1 aromatic heterocycles. The van der Waals surface area contributed by atoms with Crippen LogP contribution in [-0.4, -0.2) is 69.6 Å². The van der Waals surface area contributed by atoms with E-state index in [9.17, 15) is 14.4 Å². The van der Waals surface area contributed by atoms with E-state index in [0.717, 1.165) is 41.3 Å². The second kappa shape index (κ2) is 11.6. The number of nitrogens with one attached hydrogen (secondary N) is 3. The van der Waals surface area contributed by atoms with Crippen molar-refractivity contribution in [3.05, 3.63) is 71.9 Å². The number of H-pyrrole nitrogens is 1. The molecule has 4 amide bonds. The summed E-state index contributed by atoms with van der Waals surface area (Å²) in [6.07, 6.45) is 3.91. The highest BCUT2D eigenvalue weighted by molar-refractivity contribution is 5.88. The van der Waals surface area contributed by atoms with Gasteiger partial charge in [0.15, 0.2) is 0 Å². The first-order valence-electron chi connectivity index (χ1n) is 14.1. The maximum absolute atomic E-state index is 13.7. The normalized spacial score (nSPS) is 20.1. The summed E-state index contributed by atoms with van der Waals surface area (Å²) >= 11 is 0. The van der Waals surface area contributed by atoms with Crippen molar-refractivity contribution in [2.75, 3.05) is 13.1 Å². The molecule has 5 rings (SSSR count). The van der Waals surface area contributed by atoms with Crippen molar-refractivity contribution in [3.8, 4) is 0 Å². The van der Waals surface area contributed by atoms with Crippen molar-refractivity contribution < 1.29 is 19.1 Å². The Morgan fingerprint density at radius 1 is 1.05 bits per heavy atom. The number of para-hydroxylation sites is 1. The van der Waals surface area contributed by atoms with Crippen LogP contribution in [0.5, 0.6) is 0 Å². The van der Waals surface area contributed by atoms with Gasteiger partial charge in [0.1, 0.15) is 11.6 Å². The molecule has 40 heavy (non-hydrogen) atoms. The fourth-order valence-electron chi connectivity index (χ4n) is 5.80. The van der Waals surface area contributed by atoms with E-state index in [2.05, 4.69) is 15.6 Å². The first-order chi connectivity index (χ1) is 19.2. The summed E-state index contributed by atoms with van der Waals surface area (Å²) in [6, 6.07) is 16.8. The highest BCUT2D eigenvalue weighted by Crippen LogP contribution is 2.27. The van der Waals surface area contributed by atoms with E-state index < -0.39 is 17.7 Å². The van der Waals surface area contributed by atoms with Crippen LogP contribution < -0.4 is 10.6 Å². The molecule has 3 N–H and O–H groups in total. The molecular formula is C31H39N5O4. The zero-order valence-corrected chi connectivity index (χ0v) is 23.5. The van der Waals surface area contributed by atoms with Crippen molar-refractivity contribution in [2.45, 2.75) is 76.7 Å². The van der Waals surface area contributed by atoms with Gasteiger partial charge in [-0.1, -0.05) is 48.5 Å². The van der Waals surface area contributed by atoms with Gasteiger partial charge in [-0.05, 0) is 57.2 Å². The van der Waals surface area contributed by atoms with Gasteiger partial charge in [-0.3, -0.25) is 4.79 Å². The van der Waals surface area contributed by atoms with Crippen LogP contribution in [0.15, 0.2) is 60.8 Å². The summed E-state index contributed by atoms with van der Waals surface area (Å²) in [5, 5.41) is 7.01. The zero-order valence-electron chi connectivity index (χ0n) is 23.5. The Labute approximate surface area is 235 Å². The number of aromatic nitrogens is 1. The number of amides is 4. The number of carbonyl (C=O) groups is 3. The molecule has 2 aliphatic heterocycles. The van der Waals surface area contributed by atoms with Crippen molar-refractivity contribution in [1.29, 1.82) is 0 Å². The number of aromatic amines is 1. The van der Waals surface area contributed by atoms with Crippen LogP contribution in [0.1, 0.15) is 51.2 Å². The van der Waals surface area contributed by atoms with Crippen molar-refractivity contribution in [3.63, 3.8) is 0 Å². The maximum atomic E-state index is 13.7. The van der Waals surface area contributed by atoms with Gasteiger partial charge in [-0.25, -0.2) is 9.59 Å². The Hall–Kier alpha value is -4.01. The number of piperidine rings is 1. The first-order valence-corrected chi connectivity index (χ1v) is 14.1. The van der Waals surface area contributed by atoms with Crippen LogP contribution in [0.25, 0.3) is 10.9 Å². The quantitative estimate of drug-likeness (QED) is 0.404. The van der Waals surface area contributed by atoms with Crippen LogP contribution in [0.3, 0.4) is 0 Å². The topological polar surface area (TPSA) is 107 Å². The third kappa shape index (κ3) is 6.41.